The first-order valence-corrected chi connectivity index (χ1v) is 13.1. The first-order valence-electron chi connectivity index (χ1n) is 13.1. The molecule has 0 bridgehead atoms. The molecular formula is C29H40N4O4. The largest absolute Gasteiger partial charge is 0.497 e. The fourth-order valence-electron chi connectivity index (χ4n) is 6.16. The van der Waals surface area contributed by atoms with Gasteiger partial charge in [0.05, 0.1) is 31.3 Å². The molecule has 200 valence electrons. The van der Waals surface area contributed by atoms with Gasteiger partial charge in [-0.15, -0.1) is 0 Å². The van der Waals surface area contributed by atoms with Gasteiger partial charge in [0.25, 0.3) is 0 Å². The standard InChI is InChI=1S/C29H40N4O4/c1-31(2)29(23-9-6-5-7-10-23)14-12-28(13-15-29)22-32(27(35)33(28)17-8-18-36-3)21-25(34)19-24-20-26(37-4)11-16-30-24/h5-7,9-11,16,20H,8,12-15,17-19,21-22H2,1-4H3. The molecule has 1 spiro atoms. The summed E-state index contributed by atoms with van der Waals surface area (Å²) in [6, 6.07) is 14.2. The molecule has 1 saturated heterocycles. The number of benzene rings is 1. The summed E-state index contributed by atoms with van der Waals surface area (Å²) in [5.41, 5.74) is 1.64. The molecule has 1 aliphatic carbocycles. The number of rotatable bonds is 11. The van der Waals surface area contributed by atoms with Gasteiger partial charge in [-0.3, -0.25) is 14.7 Å². The fourth-order valence-corrected chi connectivity index (χ4v) is 6.16. The molecule has 2 aliphatic rings. The van der Waals surface area contributed by atoms with Crippen molar-refractivity contribution >= 4 is 11.8 Å². The number of Topliss-reactive ketones (excluding diaryl/α,β-unsaturated/α-hetero) is 1. The Morgan fingerprint density at radius 2 is 1.81 bits per heavy atom. The van der Waals surface area contributed by atoms with E-state index in [0.717, 1.165) is 32.1 Å². The Morgan fingerprint density at radius 3 is 2.46 bits per heavy atom. The van der Waals surface area contributed by atoms with Gasteiger partial charge < -0.3 is 19.3 Å². The number of nitrogens with zero attached hydrogens (tertiary/aromatic N) is 4. The topological polar surface area (TPSA) is 75.2 Å². The van der Waals surface area contributed by atoms with E-state index in [1.54, 1.807) is 37.4 Å². The van der Waals surface area contributed by atoms with E-state index in [2.05, 4.69) is 54.3 Å². The zero-order valence-corrected chi connectivity index (χ0v) is 22.6. The van der Waals surface area contributed by atoms with Gasteiger partial charge in [0.15, 0.2) is 5.78 Å². The minimum absolute atomic E-state index is 0.0225. The van der Waals surface area contributed by atoms with Crippen LogP contribution in [0.25, 0.3) is 0 Å². The molecule has 1 aromatic carbocycles. The highest BCUT2D eigenvalue weighted by molar-refractivity contribution is 5.88. The van der Waals surface area contributed by atoms with Crippen molar-refractivity contribution in [2.75, 3.05) is 54.6 Å². The van der Waals surface area contributed by atoms with Crippen molar-refractivity contribution in [1.29, 1.82) is 0 Å². The van der Waals surface area contributed by atoms with Crippen molar-refractivity contribution in [3.63, 3.8) is 0 Å². The number of urea groups is 1. The Hall–Kier alpha value is -2.97. The van der Waals surface area contributed by atoms with Gasteiger partial charge in [0.1, 0.15) is 5.75 Å². The number of ether oxygens (including phenoxy) is 2. The van der Waals surface area contributed by atoms with Crippen LogP contribution in [-0.4, -0.2) is 91.6 Å². The summed E-state index contributed by atoms with van der Waals surface area (Å²) < 4.78 is 10.5. The van der Waals surface area contributed by atoms with E-state index in [-0.39, 0.29) is 35.9 Å². The predicted molar refractivity (Wildman–Crippen MR) is 143 cm³/mol. The number of pyridine rings is 1. The van der Waals surface area contributed by atoms with Crippen LogP contribution >= 0.6 is 0 Å². The van der Waals surface area contributed by atoms with Gasteiger partial charge in [-0.25, -0.2) is 4.79 Å². The minimum atomic E-state index is -0.270. The van der Waals surface area contributed by atoms with Gasteiger partial charge in [-0.2, -0.15) is 0 Å². The second kappa shape index (κ2) is 11.6. The maximum absolute atomic E-state index is 13.6. The summed E-state index contributed by atoms with van der Waals surface area (Å²) >= 11 is 0. The zero-order valence-electron chi connectivity index (χ0n) is 22.6. The van der Waals surface area contributed by atoms with Gasteiger partial charge >= 0.3 is 6.03 Å². The number of ketones is 1. The number of hydrogen-bond acceptors (Lipinski definition) is 6. The first-order chi connectivity index (χ1) is 17.8. The lowest BCUT2D eigenvalue weighted by molar-refractivity contribution is -0.119. The van der Waals surface area contributed by atoms with E-state index in [4.69, 9.17) is 9.47 Å². The Morgan fingerprint density at radius 1 is 1.08 bits per heavy atom. The van der Waals surface area contributed by atoms with Crippen LogP contribution in [0.15, 0.2) is 48.7 Å². The maximum Gasteiger partial charge on any atom is 0.321 e. The average Bonchev–Trinajstić information content (AvgIpc) is 3.15. The highest BCUT2D eigenvalue weighted by Crippen LogP contribution is 2.48. The van der Waals surface area contributed by atoms with Crippen molar-refractivity contribution in [1.82, 2.24) is 19.7 Å². The number of carbonyl (C=O) groups excluding carboxylic acids is 2. The number of aromatic nitrogens is 1. The third-order valence-corrected chi connectivity index (χ3v) is 8.23. The Balaban J connectivity index is 1.51. The molecule has 1 aromatic heterocycles. The van der Waals surface area contributed by atoms with Gasteiger partial charge in [-0.05, 0) is 57.8 Å². The molecule has 37 heavy (non-hydrogen) atoms. The van der Waals surface area contributed by atoms with Crippen LogP contribution in [0.2, 0.25) is 0 Å². The molecule has 0 N–H and O–H groups in total. The Bertz CT molecular complexity index is 1070. The summed E-state index contributed by atoms with van der Waals surface area (Å²) in [6.45, 7) is 1.91. The van der Waals surface area contributed by atoms with E-state index < -0.39 is 0 Å². The van der Waals surface area contributed by atoms with Crippen molar-refractivity contribution in [2.24, 2.45) is 0 Å². The smallest absolute Gasteiger partial charge is 0.321 e. The van der Waals surface area contributed by atoms with E-state index in [0.29, 0.717) is 31.1 Å². The van der Waals surface area contributed by atoms with Crippen molar-refractivity contribution in [2.45, 2.75) is 49.6 Å². The predicted octanol–water partition coefficient (Wildman–Crippen LogP) is 3.75. The van der Waals surface area contributed by atoms with Crippen molar-refractivity contribution in [3.05, 3.63) is 59.9 Å². The lowest BCUT2D eigenvalue weighted by atomic mass is 9.68. The highest BCUT2D eigenvalue weighted by atomic mass is 16.5. The monoisotopic (exact) mass is 508 g/mol. The first kappa shape index (κ1) is 27.1. The van der Waals surface area contributed by atoms with Gasteiger partial charge in [-0.1, -0.05) is 30.3 Å². The summed E-state index contributed by atoms with van der Waals surface area (Å²) in [4.78, 5) is 37.1. The molecule has 2 amide bonds. The Labute approximate surface area is 220 Å². The van der Waals surface area contributed by atoms with Crippen LogP contribution in [0.3, 0.4) is 0 Å². The molecular weight excluding hydrogens is 468 g/mol. The lowest BCUT2D eigenvalue weighted by Gasteiger charge is -2.51. The molecule has 4 rings (SSSR count). The van der Waals surface area contributed by atoms with E-state index >= 15 is 0 Å². The lowest BCUT2D eigenvalue weighted by Crippen LogP contribution is -2.55. The number of amides is 2. The van der Waals surface area contributed by atoms with Gasteiger partial charge in [0.2, 0.25) is 0 Å². The molecule has 2 heterocycles. The quantitative estimate of drug-likeness (QED) is 0.431. The molecule has 1 saturated carbocycles. The molecule has 1 aliphatic heterocycles. The SMILES string of the molecule is COCCCN1C(=O)N(CC(=O)Cc2cc(OC)ccn2)CC12CCC(c1ccccc1)(N(C)C)CC2. The van der Waals surface area contributed by atoms with Crippen LogP contribution in [0, 0.1) is 0 Å². The average molecular weight is 509 g/mol. The third-order valence-electron chi connectivity index (χ3n) is 8.23. The third kappa shape index (κ3) is 5.65. The second-order valence-corrected chi connectivity index (χ2v) is 10.6. The van der Waals surface area contributed by atoms with Crippen LogP contribution in [0.1, 0.15) is 43.4 Å². The highest BCUT2D eigenvalue weighted by Gasteiger charge is 2.54. The molecule has 0 radical (unpaired) electrons. The molecule has 2 aromatic rings. The minimum Gasteiger partial charge on any atom is -0.497 e. The fraction of sp³-hybridized carbons (Fsp3) is 0.552. The van der Waals surface area contributed by atoms with Crippen LogP contribution in [-0.2, 0) is 21.5 Å². The number of carbonyl (C=O) groups is 2. The summed E-state index contributed by atoms with van der Waals surface area (Å²) in [6.07, 6.45) is 6.27. The zero-order chi connectivity index (χ0) is 26.5. The van der Waals surface area contributed by atoms with E-state index in [1.165, 1.54) is 5.56 Å². The molecule has 8 heteroatoms. The maximum atomic E-state index is 13.6. The van der Waals surface area contributed by atoms with Crippen LogP contribution in [0.4, 0.5) is 4.79 Å². The van der Waals surface area contributed by atoms with Crippen LogP contribution in [0.5, 0.6) is 5.75 Å². The number of hydrogen-bond donors (Lipinski definition) is 0. The molecule has 2 fully saturated rings. The van der Waals surface area contributed by atoms with Crippen molar-refractivity contribution < 1.29 is 19.1 Å². The van der Waals surface area contributed by atoms with E-state index in [9.17, 15) is 9.59 Å². The summed E-state index contributed by atoms with van der Waals surface area (Å²) in [7, 11) is 7.58. The van der Waals surface area contributed by atoms with Gasteiger partial charge in [0, 0.05) is 44.6 Å². The second-order valence-electron chi connectivity index (χ2n) is 10.6. The molecule has 0 atom stereocenters. The summed E-state index contributed by atoms with van der Waals surface area (Å²) in [5.74, 6) is 0.647. The summed E-state index contributed by atoms with van der Waals surface area (Å²) in [5, 5.41) is 0. The molecule has 0 unspecified atom stereocenters. The van der Waals surface area contributed by atoms with E-state index in [1.807, 2.05) is 4.90 Å². The normalized spacial score (nSPS) is 23.8. The van der Waals surface area contributed by atoms with Crippen molar-refractivity contribution in [3.8, 4) is 5.75 Å². The molecule has 8 nitrogen and oxygen atoms in total. The number of methoxy groups -OCH3 is 2. The Kier molecular flexibility index (Phi) is 8.49. The van der Waals surface area contributed by atoms with Crippen LogP contribution < -0.4 is 4.74 Å².